The smallest absolute Gasteiger partial charge is 0.223 e. The van der Waals surface area contributed by atoms with Crippen molar-refractivity contribution in [2.24, 2.45) is 5.73 Å². The first kappa shape index (κ1) is 23.9. The lowest BCUT2D eigenvalue weighted by molar-refractivity contribution is -0.137. The first-order valence-electron chi connectivity index (χ1n) is 10.1. The maximum atomic E-state index is 12.3. The number of hydrogen-bond donors (Lipinski definition) is 2. The lowest BCUT2D eigenvalue weighted by Crippen LogP contribution is -2.45. The highest BCUT2D eigenvalue weighted by Crippen LogP contribution is 2.39. The van der Waals surface area contributed by atoms with Gasteiger partial charge in [-0.25, -0.2) is 0 Å². The van der Waals surface area contributed by atoms with E-state index in [9.17, 15) is 9.59 Å². The highest BCUT2D eigenvalue weighted by Gasteiger charge is 2.36. The highest BCUT2D eigenvalue weighted by atomic mass is 35.5. The molecular weight excluding hydrogens is 413 g/mol. The Bertz CT molecular complexity index is 688. The molecule has 1 heterocycles. The van der Waals surface area contributed by atoms with Gasteiger partial charge in [-0.3, -0.25) is 9.59 Å². The summed E-state index contributed by atoms with van der Waals surface area (Å²) in [4.78, 5) is 26.2. The molecule has 1 saturated carbocycles. The fourth-order valence-electron chi connectivity index (χ4n) is 4.23. The summed E-state index contributed by atoms with van der Waals surface area (Å²) in [5.74, 6) is -0.0141. The predicted octanol–water partition coefficient (Wildman–Crippen LogP) is 2.66. The molecular formula is C21H31Cl2N3O3. The van der Waals surface area contributed by atoms with Crippen LogP contribution in [0.5, 0.6) is 0 Å². The van der Waals surface area contributed by atoms with Gasteiger partial charge in [0.05, 0.1) is 13.2 Å². The highest BCUT2D eigenvalue weighted by molar-refractivity contribution is 6.30. The third-order valence-electron chi connectivity index (χ3n) is 6.07. The van der Waals surface area contributed by atoms with Crippen molar-refractivity contribution < 1.29 is 14.3 Å². The van der Waals surface area contributed by atoms with Gasteiger partial charge in [0.1, 0.15) is 0 Å². The molecule has 1 saturated heterocycles. The number of benzene rings is 1. The van der Waals surface area contributed by atoms with Crippen LogP contribution in [0.1, 0.15) is 44.1 Å². The minimum atomic E-state index is -0.0710. The number of carbonyl (C=O) groups is 2. The number of halogens is 2. The lowest BCUT2D eigenvalue weighted by atomic mass is 9.68. The number of nitrogens with zero attached hydrogens (tertiary/aromatic N) is 1. The third-order valence-corrected chi connectivity index (χ3v) is 6.30. The number of rotatable bonds is 6. The monoisotopic (exact) mass is 443 g/mol. The number of ether oxygens (including phenoxy) is 1. The molecule has 2 amide bonds. The molecule has 0 unspecified atom stereocenters. The quantitative estimate of drug-likeness (QED) is 0.707. The standard InChI is InChI=1S/C21H30ClN3O3.ClH/c22-17-3-1-2-16(14-17)21(15-23)8-6-18(7-9-21)24-19(26)4-5-20(27)25-10-12-28-13-11-25;/h1-3,14,18H,4-13,15,23H2,(H,24,26);1H/t18-,21+;. The molecule has 2 aliphatic rings. The Morgan fingerprint density at radius 3 is 2.52 bits per heavy atom. The van der Waals surface area contributed by atoms with E-state index in [2.05, 4.69) is 11.4 Å². The Morgan fingerprint density at radius 2 is 1.90 bits per heavy atom. The molecule has 29 heavy (non-hydrogen) atoms. The molecule has 162 valence electrons. The molecule has 3 N–H and O–H groups in total. The first-order valence-corrected chi connectivity index (χ1v) is 10.5. The SMILES string of the molecule is Cl.NC[C@]1(c2cccc(Cl)c2)CC[C@@H](NC(=O)CCC(=O)N2CCOCC2)CC1. The second-order valence-electron chi connectivity index (χ2n) is 7.83. The van der Waals surface area contributed by atoms with Crippen LogP contribution in [0, 0.1) is 0 Å². The molecule has 1 aromatic rings. The van der Waals surface area contributed by atoms with E-state index in [1.165, 1.54) is 5.56 Å². The number of carbonyl (C=O) groups excluding carboxylic acids is 2. The van der Waals surface area contributed by atoms with Crippen LogP contribution >= 0.6 is 24.0 Å². The Morgan fingerprint density at radius 1 is 1.21 bits per heavy atom. The van der Waals surface area contributed by atoms with E-state index in [-0.39, 0.29) is 48.5 Å². The molecule has 0 atom stereocenters. The fourth-order valence-corrected chi connectivity index (χ4v) is 4.43. The molecule has 0 bridgehead atoms. The second-order valence-corrected chi connectivity index (χ2v) is 8.27. The predicted molar refractivity (Wildman–Crippen MR) is 116 cm³/mol. The zero-order chi connectivity index (χ0) is 20.0. The fraction of sp³-hybridized carbons (Fsp3) is 0.619. The molecule has 1 aliphatic heterocycles. The maximum absolute atomic E-state index is 12.3. The van der Waals surface area contributed by atoms with Gasteiger partial charge in [0, 0.05) is 49.0 Å². The minimum Gasteiger partial charge on any atom is -0.378 e. The van der Waals surface area contributed by atoms with Crippen molar-refractivity contribution in [3.05, 3.63) is 34.9 Å². The van der Waals surface area contributed by atoms with Crippen molar-refractivity contribution in [1.82, 2.24) is 10.2 Å². The van der Waals surface area contributed by atoms with Crippen molar-refractivity contribution in [2.45, 2.75) is 50.0 Å². The summed E-state index contributed by atoms with van der Waals surface area (Å²) >= 11 is 6.16. The van der Waals surface area contributed by atoms with Gasteiger partial charge in [0.2, 0.25) is 11.8 Å². The zero-order valence-corrected chi connectivity index (χ0v) is 18.3. The van der Waals surface area contributed by atoms with Gasteiger partial charge in [0.15, 0.2) is 0 Å². The lowest BCUT2D eigenvalue weighted by Gasteiger charge is -2.40. The van der Waals surface area contributed by atoms with Gasteiger partial charge in [-0.2, -0.15) is 0 Å². The molecule has 2 fully saturated rings. The molecule has 1 aliphatic carbocycles. The van der Waals surface area contributed by atoms with Crippen LogP contribution in [0.2, 0.25) is 5.02 Å². The van der Waals surface area contributed by atoms with Crippen LogP contribution in [0.25, 0.3) is 0 Å². The average Bonchev–Trinajstić information content (AvgIpc) is 2.73. The normalized spacial score (nSPS) is 24.5. The summed E-state index contributed by atoms with van der Waals surface area (Å²) in [5, 5.41) is 3.83. The molecule has 0 spiro atoms. The Hall–Kier alpha value is -1.34. The summed E-state index contributed by atoms with van der Waals surface area (Å²) in [6.07, 6.45) is 4.10. The summed E-state index contributed by atoms with van der Waals surface area (Å²) in [5.41, 5.74) is 7.25. The Kier molecular flexibility index (Phi) is 9.21. The second kappa shape index (κ2) is 11.2. The van der Waals surface area contributed by atoms with Crippen molar-refractivity contribution >= 4 is 35.8 Å². The van der Waals surface area contributed by atoms with E-state index in [0.717, 1.165) is 30.7 Å². The number of morpholine rings is 1. The molecule has 6 nitrogen and oxygen atoms in total. The maximum Gasteiger partial charge on any atom is 0.223 e. The van der Waals surface area contributed by atoms with Gasteiger partial charge in [-0.05, 0) is 43.4 Å². The Labute approximate surface area is 183 Å². The minimum absolute atomic E-state index is 0. The summed E-state index contributed by atoms with van der Waals surface area (Å²) in [7, 11) is 0. The van der Waals surface area contributed by atoms with Crippen molar-refractivity contribution in [3.63, 3.8) is 0 Å². The third kappa shape index (κ3) is 6.32. The number of nitrogens with one attached hydrogen (secondary N) is 1. The first-order chi connectivity index (χ1) is 13.5. The van der Waals surface area contributed by atoms with Crippen LogP contribution in [-0.4, -0.2) is 55.6 Å². The van der Waals surface area contributed by atoms with Gasteiger partial charge < -0.3 is 20.7 Å². The number of hydrogen-bond acceptors (Lipinski definition) is 4. The Balaban J connectivity index is 0.00000300. The van der Waals surface area contributed by atoms with Gasteiger partial charge >= 0.3 is 0 Å². The van der Waals surface area contributed by atoms with E-state index in [0.29, 0.717) is 32.8 Å². The molecule has 3 rings (SSSR count). The molecule has 0 aromatic heterocycles. The molecule has 1 aromatic carbocycles. The summed E-state index contributed by atoms with van der Waals surface area (Å²) in [6, 6.07) is 8.08. The van der Waals surface area contributed by atoms with E-state index in [4.69, 9.17) is 22.1 Å². The number of nitrogens with two attached hydrogens (primary N) is 1. The van der Waals surface area contributed by atoms with Crippen LogP contribution in [0.3, 0.4) is 0 Å². The van der Waals surface area contributed by atoms with Crippen LogP contribution < -0.4 is 11.1 Å². The van der Waals surface area contributed by atoms with Crippen LogP contribution in [-0.2, 0) is 19.7 Å². The topological polar surface area (TPSA) is 84.7 Å². The van der Waals surface area contributed by atoms with Crippen LogP contribution in [0.15, 0.2) is 24.3 Å². The number of amides is 2. The van der Waals surface area contributed by atoms with Gasteiger partial charge in [-0.1, -0.05) is 23.7 Å². The molecule has 0 radical (unpaired) electrons. The van der Waals surface area contributed by atoms with Crippen molar-refractivity contribution in [2.75, 3.05) is 32.8 Å². The largest absolute Gasteiger partial charge is 0.378 e. The van der Waals surface area contributed by atoms with E-state index >= 15 is 0 Å². The van der Waals surface area contributed by atoms with Gasteiger partial charge in [0.25, 0.3) is 0 Å². The summed E-state index contributed by atoms with van der Waals surface area (Å²) in [6.45, 7) is 2.97. The van der Waals surface area contributed by atoms with Crippen molar-refractivity contribution in [1.29, 1.82) is 0 Å². The average molecular weight is 444 g/mol. The van der Waals surface area contributed by atoms with E-state index < -0.39 is 0 Å². The zero-order valence-electron chi connectivity index (χ0n) is 16.7. The van der Waals surface area contributed by atoms with E-state index in [1.54, 1.807) is 4.90 Å². The van der Waals surface area contributed by atoms with Gasteiger partial charge in [-0.15, -0.1) is 12.4 Å². The van der Waals surface area contributed by atoms with Crippen molar-refractivity contribution in [3.8, 4) is 0 Å². The van der Waals surface area contributed by atoms with Crippen LogP contribution in [0.4, 0.5) is 0 Å². The summed E-state index contributed by atoms with van der Waals surface area (Å²) < 4.78 is 5.25. The molecule has 8 heteroatoms. The van der Waals surface area contributed by atoms with E-state index in [1.807, 2.05) is 18.2 Å².